The summed E-state index contributed by atoms with van der Waals surface area (Å²) in [6, 6.07) is 13.4. The zero-order valence-electron chi connectivity index (χ0n) is 13.4. The molecule has 6 nitrogen and oxygen atoms in total. The number of aliphatic carboxylic acids is 1. The van der Waals surface area contributed by atoms with Gasteiger partial charge < -0.3 is 14.9 Å². The minimum atomic E-state index is -0.844. The molecule has 0 unspecified atom stereocenters. The van der Waals surface area contributed by atoms with Crippen LogP contribution in [0.25, 0.3) is 0 Å². The Morgan fingerprint density at radius 3 is 2.54 bits per heavy atom. The van der Waals surface area contributed by atoms with E-state index in [-0.39, 0.29) is 12.5 Å². The van der Waals surface area contributed by atoms with Gasteiger partial charge in [0.2, 0.25) is 0 Å². The molecule has 2 heterocycles. The minimum Gasteiger partial charge on any atom is -0.481 e. The van der Waals surface area contributed by atoms with E-state index in [1.54, 1.807) is 23.2 Å². The highest BCUT2D eigenvalue weighted by Gasteiger charge is 2.31. The van der Waals surface area contributed by atoms with Gasteiger partial charge in [-0.15, -0.1) is 0 Å². The molecule has 3 rings (SSSR count). The number of carbonyl (C=O) groups is 2. The Kier molecular flexibility index (Phi) is 4.46. The van der Waals surface area contributed by atoms with Crippen LogP contribution in [-0.2, 0) is 4.79 Å². The van der Waals surface area contributed by atoms with Gasteiger partial charge in [0.05, 0.1) is 11.5 Å². The van der Waals surface area contributed by atoms with Crippen LogP contribution in [0.3, 0.4) is 0 Å². The first kappa shape index (κ1) is 16.0. The number of hydrogen-bond donors (Lipinski definition) is 1. The maximum atomic E-state index is 12.4. The molecule has 0 saturated carbocycles. The standard InChI is InChI=1S/C18H19N3O3/c1-20(15-5-3-2-4-6-15)16-8-7-13(11-19-16)17(22)21-10-9-14(12-21)18(23)24/h2-8,11,14H,9-10,12H2,1H3,(H,23,24)/t14-/m1/s1. The smallest absolute Gasteiger partial charge is 0.308 e. The molecule has 1 N–H and O–H groups in total. The number of pyridine rings is 1. The van der Waals surface area contributed by atoms with Gasteiger partial charge in [0.1, 0.15) is 5.82 Å². The number of carboxylic acids is 1. The number of para-hydroxylation sites is 1. The number of amides is 1. The first-order valence-electron chi connectivity index (χ1n) is 7.83. The Balaban J connectivity index is 1.71. The predicted molar refractivity (Wildman–Crippen MR) is 90.4 cm³/mol. The number of carboxylic acid groups (broad SMARTS) is 1. The molecular weight excluding hydrogens is 306 g/mol. The number of aromatic nitrogens is 1. The maximum Gasteiger partial charge on any atom is 0.308 e. The van der Waals surface area contributed by atoms with Crippen molar-refractivity contribution in [3.63, 3.8) is 0 Å². The fourth-order valence-electron chi connectivity index (χ4n) is 2.82. The van der Waals surface area contributed by atoms with Crippen molar-refractivity contribution < 1.29 is 14.7 Å². The highest BCUT2D eigenvalue weighted by atomic mass is 16.4. The highest BCUT2D eigenvalue weighted by molar-refractivity contribution is 5.94. The van der Waals surface area contributed by atoms with Crippen LogP contribution in [0.5, 0.6) is 0 Å². The summed E-state index contributed by atoms with van der Waals surface area (Å²) in [5.41, 5.74) is 1.49. The number of benzene rings is 1. The van der Waals surface area contributed by atoms with E-state index in [4.69, 9.17) is 5.11 Å². The number of anilines is 2. The van der Waals surface area contributed by atoms with E-state index in [0.717, 1.165) is 11.5 Å². The lowest BCUT2D eigenvalue weighted by atomic mass is 10.1. The molecule has 0 radical (unpaired) electrons. The van der Waals surface area contributed by atoms with Crippen molar-refractivity contribution in [3.05, 3.63) is 54.2 Å². The van der Waals surface area contributed by atoms with E-state index >= 15 is 0 Å². The van der Waals surface area contributed by atoms with Crippen LogP contribution in [-0.4, -0.2) is 47.0 Å². The van der Waals surface area contributed by atoms with Gasteiger partial charge in [-0.3, -0.25) is 9.59 Å². The summed E-state index contributed by atoms with van der Waals surface area (Å²) in [5.74, 6) is -0.739. The Labute approximate surface area is 140 Å². The first-order chi connectivity index (χ1) is 11.6. The van der Waals surface area contributed by atoms with Gasteiger partial charge in [-0.25, -0.2) is 4.98 Å². The Morgan fingerprint density at radius 2 is 1.96 bits per heavy atom. The van der Waals surface area contributed by atoms with Crippen molar-refractivity contribution in [2.45, 2.75) is 6.42 Å². The third-order valence-electron chi connectivity index (χ3n) is 4.31. The second kappa shape index (κ2) is 6.70. The van der Waals surface area contributed by atoms with E-state index in [2.05, 4.69) is 4.98 Å². The van der Waals surface area contributed by atoms with Crippen LogP contribution in [0.1, 0.15) is 16.8 Å². The van der Waals surface area contributed by atoms with Gasteiger partial charge in [0, 0.05) is 32.0 Å². The molecule has 24 heavy (non-hydrogen) atoms. The molecular formula is C18H19N3O3. The quantitative estimate of drug-likeness (QED) is 0.934. The van der Waals surface area contributed by atoms with E-state index in [1.165, 1.54) is 0 Å². The second-order valence-corrected chi connectivity index (χ2v) is 5.87. The SMILES string of the molecule is CN(c1ccccc1)c1ccc(C(=O)N2CC[C@@H](C(=O)O)C2)cn1. The Morgan fingerprint density at radius 1 is 1.21 bits per heavy atom. The second-order valence-electron chi connectivity index (χ2n) is 5.87. The number of likely N-dealkylation sites (tertiary alicyclic amines) is 1. The number of rotatable bonds is 4. The minimum absolute atomic E-state index is 0.167. The first-order valence-corrected chi connectivity index (χ1v) is 7.83. The summed E-state index contributed by atoms with van der Waals surface area (Å²) in [4.78, 5) is 31.3. The topological polar surface area (TPSA) is 73.7 Å². The number of nitrogens with zero attached hydrogens (tertiary/aromatic N) is 3. The Bertz CT molecular complexity index is 731. The third kappa shape index (κ3) is 3.22. The van der Waals surface area contributed by atoms with Crippen LogP contribution >= 0.6 is 0 Å². The summed E-state index contributed by atoms with van der Waals surface area (Å²) in [6.45, 7) is 0.737. The van der Waals surface area contributed by atoms with Crippen molar-refractivity contribution in [2.24, 2.45) is 5.92 Å². The van der Waals surface area contributed by atoms with Crippen LogP contribution in [0.15, 0.2) is 48.7 Å². The molecule has 2 aromatic rings. The summed E-state index contributed by atoms with van der Waals surface area (Å²) < 4.78 is 0. The molecule has 124 valence electrons. The molecule has 1 aliphatic heterocycles. The number of carbonyl (C=O) groups excluding carboxylic acids is 1. The van der Waals surface area contributed by atoms with Gasteiger partial charge in [-0.1, -0.05) is 18.2 Å². The lowest BCUT2D eigenvalue weighted by molar-refractivity contribution is -0.141. The van der Waals surface area contributed by atoms with E-state index in [0.29, 0.717) is 18.5 Å². The van der Waals surface area contributed by atoms with Crippen molar-refractivity contribution in [2.75, 3.05) is 25.0 Å². The molecule has 1 fully saturated rings. The molecule has 1 amide bonds. The summed E-state index contributed by atoms with van der Waals surface area (Å²) in [5, 5.41) is 9.03. The Hall–Kier alpha value is -2.89. The molecule has 1 saturated heterocycles. The molecule has 0 aliphatic carbocycles. The van der Waals surface area contributed by atoms with Gasteiger partial charge in [-0.2, -0.15) is 0 Å². The van der Waals surface area contributed by atoms with Gasteiger partial charge in [0.25, 0.3) is 5.91 Å². The molecule has 0 bridgehead atoms. The third-order valence-corrected chi connectivity index (χ3v) is 4.31. The van der Waals surface area contributed by atoms with E-state index < -0.39 is 11.9 Å². The lowest BCUT2D eigenvalue weighted by Gasteiger charge is -2.19. The molecule has 1 aromatic heterocycles. The zero-order valence-corrected chi connectivity index (χ0v) is 13.4. The van der Waals surface area contributed by atoms with Crippen LogP contribution in [0.4, 0.5) is 11.5 Å². The average Bonchev–Trinajstić information content (AvgIpc) is 3.12. The summed E-state index contributed by atoms with van der Waals surface area (Å²) in [6.07, 6.45) is 2.05. The summed E-state index contributed by atoms with van der Waals surface area (Å²) >= 11 is 0. The highest BCUT2D eigenvalue weighted by Crippen LogP contribution is 2.22. The van der Waals surface area contributed by atoms with E-state index in [9.17, 15) is 9.59 Å². The van der Waals surface area contributed by atoms with Crippen molar-refractivity contribution >= 4 is 23.4 Å². The summed E-state index contributed by atoms with van der Waals surface area (Å²) in [7, 11) is 1.91. The molecule has 1 aliphatic rings. The lowest BCUT2D eigenvalue weighted by Crippen LogP contribution is -2.30. The van der Waals surface area contributed by atoms with Crippen molar-refractivity contribution in [1.82, 2.24) is 9.88 Å². The maximum absolute atomic E-state index is 12.4. The number of hydrogen-bond acceptors (Lipinski definition) is 4. The van der Waals surface area contributed by atoms with E-state index in [1.807, 2.05) is 42.3 Å². The van der Waals surface area contributed by atoms with Gasteiger partial charge in [-0.05, 0) is 30.7 Å². The normalized spacial score (nSPS) is 16.9. The van der Waals surface area contributed by atoms with Crippen LogP contribution in [0.2, 0.25) is 0 Å². The molecule has 1 aromatic carbocycles. The molecule has 1 atom stereocenters. The average molecular weight is 325 g/mol. The van der Waals surface area contributed by atoms with Gasteiger partial charge >= 0.3 is 5.97 Å². The zero-order chi connectivity index (χ0) is 17.1. The molecule has 6 heteroatoms. The van der Waals surface area contributed by atoms with Crippen LogP contribution < -0.4 is 4.90 Å². The van der Waals surface area contributed by atoms with Crippen molar-refractivity contribution in [1.29, 1.82) is 0 Å². The van der Waals surface area contributed by atoms with Crippen LogP contribution in [0, 0.1) is 5.92 Å². The van der Waals surface area contributed by atoms with Gasteiger partial charge in [0.15, 0.2) is 0 Å². The monoisotopic (exact) mass is 325 g/mol. The fourth-order valence-corrected chi connectivity index (χ4v) is 2.82. The predicted octanol–water partition coefficient (Wildman–Crippen LogP) is 2.40. The fraction of sp³-hybridized carbons (Fsp3) is 0.278. The largest absolute Gasteiger partial charge is 0.481 e. The molecule has 0 spiro atoms. The van der Waals surface area contributed by atoms with Crippen molar-refractivity contribution in [3.8, 4) is 0 Å².